The lowest BCUT2D eigenvalue weighted by Crippen LogP contribution is -2.09. The van der Waals surface area contributed by atoms with Crippen LogP contribution in [0.1, 0.15) is 0 Å². The van der Waals surface area contributed by atoms with Crippen LogP contribution in [-0.4, -0.2) is 25.6 Å². The van der Waals surface area contributed by atoms with Gasteiger partial charge in [0.1, 0.15) is 11.4 Å². The summed E-state index contributed by atoms with van der Waals surface area (Å²) in [4.78, 5) is 11.6. The second kappa shape index (κ2) is 3.75. The molecule has 0 radical (unpaired) electrons. The maximum Gasteiger partial charge on any atom is 0.272 e. The first-order valence-corrected chi connectivity index (χ1v) is 4.98. The molecule has 6 heteroatoms. The van der Waals surface area contributed by atoms with E-state index in [0.717, 1.165) is 5.39 Å². The van der Waals surface area contributed by atoms with Crippen LogP contribution in [0, 0.1) is 0 Å². The van der Waals surface area contributed by atoms with Crippen molar-refractivity contribution in [2.75, 3.05) is 0 Å². The number of aromatic amines is 1. The summed E-state index contributed by atoms with van der Waals surface area (Å²) in [6.45, 7) is 0. The first-order chi connectivity index (χ1) is 8.36. The molecule has 0 aliphatic heterocycles. The lowest BCUT2D eigenvalue weighted by Gasteiger charge is -2.02. The molecule has 0 fully saturated rings. The second-order valence-electron chi connectivity index (χ2n) is 3.45. The molecule has 0 aliphatic rings. The second-order valence-corrected chi connectivity index (χ2v) is 3.45. The van der Waals surface area contributed by atoms with Crippen LogP contribution in [0.2, 0.25) is 0 Å². The summed E-state index contributed by atoms with van der Waals surface area (Å²) in [5, 5.41) is 18.8. The van der Waals surface area contributed by atoms with Gasteiger partial charge in [0, 0.05) is 5.39 Å². The topological polar surface area (TPSA) is 84.4 Å². The van der Waals surface area contributed by atoms with E-state index in [2.05, 4.69) is 25.6 Å². The monoisotopic (exact) mass is 225 g/mol. The van der Waals surface area contributed by atoms with Gasteiger partial charge in [-0.3, -0.25) is 4.79 Å². The fraction of sp³-hybridized carbons (Fsp3) is 0. The summed E-state index contributed by atoms with van der Waals surface area (Å²) >= 11 is 0. The van der Waals surface area contributed by atoms with Gasteiger partial charge < -0.3 is 0 Å². The van der Waals surface area contributed by atoms with E-state index in [1.807, 2.05) is 12.1 Å². The van der Waals surface area contributed by atoms with Crippen LogP contribution in [0.3, 0.4) is 0 Å². The molecule has 1 aromatic carbocycles. The molecule has 0 saturated heterocycles. The lowest BCUT2D eigenvalue weighted by molar-refractivity contribution is 0.864. The van der Waals surface area contributed by atoms with E-state index in [1.165, 1.54) is 6.20 Å². The Morgan fingerprint density at radius 1 is 1.06 bits per heavy atom. The van der Waals surface area contributed by atoms with Crippen molar-refractivity contribution in [1.82, 2.24) is 25.6 Å². The Bertz CT molecular complexity index is 723. The number of aromatic nitrogens is 5. The Kier molecular flexibility index (Phi) is 2.11. The first-order valence-electron chi connectivity index (χ1n) is 4.98. The largest absolute Gasteiger partial charge is 0.272 e. The van der Waals surface area contributed by atoms with Crippen LogP contribution in [0.25, 0.3) is 22.2 Å². The molecular weight excluding hydrogens is 218 g/mol. The van der Waals surface area contributed by atoms with Crippen molar-refractivity contribution in [3.63, 3.8) is 0 Å². The number of benzene rings is 1. The highest BCUT2D eigenvalue weighted by atomic mass is 16.1. The summed E-state index contributed by atoms with van der Waals surface area (Å²) in [7, 11) is 0. The van der Waals surface area contributed by atoms with Gasteiger partial charge >= 0.3 is 0 Å². The molecule has 1 N–H and O–H groups in total. The SMILES string of the molecule is O=c1[nH]nc(-c2ccnnn2)c2ccccc12. The summed E-state index contributed by atoms with van der Waals surface area (Å²) in [5.74, 6) is 0. The van der Waals surface area contributed by atoms with Crippen molar-refractivity contribution >= 4 is 10.8 Å². The highest BCUT2D eigenvalue weighted by Gasteiger charge is 2.08. The Hall–Kier alpha value is -2.63. The van der Waals surface area contributed by atoms with E-state index < -0.39 is 0 Å². The van der Waals surface area contributed by atoms with Crippen LogP contribution < -0.4 is 5.56 Å². The summed E-state index contributed by atoms with van der Waals surface area (Å²) in [6.07, 6.45) is 1.53. The standard InChI is InChI=1S/C11H7N5O/c17-11-8-4-2-1-3-7(8)10(14-15-11)9-5-6-12-16-13-9/h1-6H,(H,15,17). The lowest BCUT2D eigenvalue weighted by atomic mass is 10.1. The molecule has 3 aromatic rings. The van der Waals surface area contributed by atoms with Gasteiger partial charge in [-0.25, -0.2) is 5.10 Å². The Balaban J connectivity index is 2.39. The van der Waals surface area contributed by atoms with Crippen LogP contribution in [0.5, 0.6) is 0 Å². The molecule has 0 unspecified atom stereocenters. The molecule has 2 aromatic heterocycles. The highest BCUT2D eigenvalue weighted by Crippen LogP contribution is 2.20. The smallest absolute Gasteiger partial charge is 0.267 e. The molecule has 6 nitrogen and oxygen atoms in total. The number of fused-ring (bicyclic) bond motifs is 1. The normalized spacial score (nSPS) is 10.6. The minimum Gasteiger partial charge on any atom is -0.267 e. The minimum absolute atomic E-state index is 0.216. The van der Waals surface area contributed by atoms with Gasteiger partial charge in [-0.1, -0.05) is 18.2 Å². The molecule has 0 spiro atoms. The third-order valence-corrected chi connectivity index (χ3v) is 2.44. The number of rotatable bonds is 1. The van der Waals surface area contributed by atoms with Crippen molar-refractivity contribution in [2.45, 2.75) is 0 Å². The Morgan fingerprint density at radius 3 is 2.65 bits per heavy atom. The Labute approximate surface area is 95.3 Å². The van der Waals surface area contributed by atoms with E-state index in [4.69, 9.17) is 0 Å². The van der Waals surface area contributed by atoms with Gasteiger partial charge in [0.2, 0.25) is 0 Å². The van der Waals surface area contributed by atoms with Crippen LogP contribution in [0.15, 0.2) is 41.3 Å². The zero-order chi connectivity index (χ0) is 11.7. The van der Waals surface area contributed by atoms with Crippen molar-refractivity contribution in [3.8, 4) is 11.4 Å². The number of nitrogens with one attached hydrogen (secondary N) is 1. The molecule has 0 atom stereocenters. The molecule has 0 bridgehead atoms. The van der Waals surface area contributed by atoms with E-state index in [9.17, 15) is 4.79 Å². The maximum atomic E-state index is 11.6. The average Bonchev–Trinajstić information content (AvgIpc) is 2.41. The molecule has 3 rings (SSSR count). The van der Waals surface area contributed by atoms with Crippen molar-refractivity contribution in [3.05, 3.63) is 46.9 Å². The van der Waals surface area contributed by atoms with Gasteiger partial charge in [0.05, 0.1) is 11.6 Å². The van der Waals surface area contributed by atoms with E-state index >= 15 is 0 Å². The summed E-state index contributed by atoms with van der Waals surface area (Å²) in [6, 6.07) is 8.92. The van der Waals surface area contributed by atoms with Gasteiger partial charge in [-0.15, -0.1) is 10.2 Å². The van der Waals surface area contributed by atoms with Gasteiger partial charge in [0.15, 0.2) is 0 Å². The third kappa shape index (κ3) is 1.55. The van der Waals surface area contributed by atoms with Gasteiger partial charge in [0.25, 0.3) is 5.56 Å². The molecule has 2 heterocycles. The molecular formula is C11H7N5O. The van der Waals surface area contributed by atoms with Crippen LogP contribution in [0.4, 0.5) is 0 Å². The van der Waals surface area contributed by atoms with Crippen molar-refractivity contribution < 1.29 is 0 Å². The number of H-pyrrole nitrogens is 1. The fourth-order valence-corrected chi connectivity index (χ4v) is 1.68. The Morgan fingerprint density at radius 2 is 1.88 bits per heavy atom. The fourth-order valence-electron chi connectivity index (χ4n) is 1.68. The quantitative estimate of drug-likeness (QED) is 0.661. The first kappa shape index (κ1) is 9.59. The zero-order valence-corrected chi connectivity index (χ0v) is 8.66. The van der Waals surface area contributed by atoms with Crippen LogP contribution in [-0.2, 0) is 0 Å². The molecule has 82 valence electrons. The molecule has 17 heavy (non-hydrogen) atoms. The van der Waals surface area contributed by atoms with E-state index in [-0.39, 0.29) is 5.56 Å². The van der Waals surface area contributed by atoms with Crippen molar-refractivity contribution in [1.29, 1.82) is 0 Å². The molecule has 0 amide bonds. The number of nitrogens with zero attached hydrogens (tertiary/aromatic N) is 4. The van der Waals surface area contributed by atoms with Crippen molar-refractivity contribution in [2.24, 2.45) is 0 Å². The molecule has 0 aliphatic carbocycles. The van der Waals surface area contributed by atoms with E-state index in [1.54, 1.807) is 18.2 Å². The van der Waals surface area contributed by atoms with Crippen LogP contribution >= 0.6 is 0 Å². The maximum absolute atomic E-state index is 11.6. The predicted octanol–water partition coefficient (Wildman–Crippen LogP) is 0.775. The number of hydrogen-bond donors (Lipinski definition) is 1. The zero-order valence-electron chi connectivity index (χ0n) is 8.66. The summed E-state index contributed by atoms with van der Waals surface area (Å²) < 4.78 is 0. The number of hydrogen-bond acceptors (Lipinski definition) is 5. The van der Waals surface area contributed by atoms with Gasteiger partial charge in [-0.05, 0) is 17.3 Å². The third-order valence-electron chi connectivity index (χ3n) is 2.44. The average molecular weight is 225 g/mol. The van der Waals surface area contributed by atoms with E-state index in [0.29, 0.717) is 16.8 Å². The summed E-state index contributed by atoms with van der Waals surface area (Å²) in [5.41, 5.74) is 0.953. The predicted molar refractivity (Wildman–Crippen MR) is 61.2 cm³/mol. The van der Waals surface area contributed by atoms with Gasteiger partial charge in [-0.2, -0.15) is 5.10 Å². The highest BCUT2D eigenvalue weighted by molar-refractivity contribution is 5.92. The molecule has 0 saturated carbocycles. The minimum atomic E-state index is -0.216.